The van der Waals surface area contributed by atoms with Crippen LogP contribution in [0.4, 0.5) is 0 Å². The predicted molar refractivity (Wildman–Crippen MR) is 33.8 cm³/mol. The van der Waals surface area contributed by atoms with Gasteiger partial charge in [0.05, 0.1) is 12.3 Å². The van der Waals surface area contributed by atoms with E-state index in [1.165, 1.54) is 0 Å². The van der Waals surface area contributed by atoms with Gasteiger partial charge in [0.25, 0.3) is 0 Å². The van der Waals surface area contributed by atoms with Gasteiger partial charge in [0, 0.05) is 18.8 Å². The Labute approximate surface area is 53.9 Å². The number of aliphatic hydroxyl groups is 1. The average Bonchev–Trinajstić information content (AvgIpc) is 2.14. The Balaban J connectivity index is 2.85. The minimum absolute atomic E-state index is 0.404. The van der Waals surface area contributed by atoms with Gasteiger partial charge in [0.1, 0.15) is 0 Å². The van der Waals surface area contributed by atoms with Crippen LogP contribution in [0.5, 0.6) is 0 Å². The molecule has 0 fully saturated rings. The molecule has 3 heteroatoms. The van der Waals surface area contributed by atoms with Crippen LogP contribution in [0.15, 0.2) is 12.4 Å². The van der Waals surface area contributed by atoms with Crippen LogP contribution in [0.1, 0.15) is 18.6 Å². The Bertz CT molecular complexity index is 193. The summed E-state index contributed by atoms with van der Waals surface area (Å²) in [5.41, 5.74) is 0.859. The van der Waals surface area contributed by atoms with Crippen molar-refractivity contribution >= 4 is 0 Å². The van der Waals surface area contributed by atoms with Crippen molar-refractivity contribution < 1.29 is 5.11 Å². The quantitative estimate of drug-likeness (QED) is 0.594. The van der Waals surface area contributed by atoms with Crippen LogP contribution in [0, 0.1) is 0 Å². The third kappa shape index (κ3) is 1.29. The monoisotopic (exact) mass is 126 g/mol. The standard InChI is InChI=1S/C6H10N2O/c1-5(9)6-3-7-8(2)4-6/h3-5,9H,1-2H3/t5-/m1/s1. The maximum absolute atomic E-state index is 8.98. The van der Waals surface area contributed by atoms with Crippen LogP contribution in [-0.4, -0.2) is 14.9 Å². The molecule has 3 nitrogen and oxygen atoms in total. The van der Waals surface area contributed by atoms with Gasteiger partial charge in [-0.3, -0.25) is 4.68 Å². The second-order valence-corrected chi connectivity index (χ2v) is 2.12. The van der Waals surface area contributed by atoms with Gasteiger partial charge in [-0.1, -0.05) is 0 Å². The third-order valence-electron chi connectivity index (χ3n) is 1.21. The molecule has 1 aromatic heterocycles. The zero-order valence-electron chi connectivity index (χ0n) is 5.57. The summed E-state index contributed by atoms with van der Waals surface area (Å²) in [7, 11) is 1.83. The van der Waals surface area contributed by atoms with E-state index in [2.05, 4.69) is 5.10 Å². The second-order valence-electron chi connectivity index (χ2n) is 2.12. The van der Waals surface area contributed by atoms with Crippen LogP contribution < -0.4 is 0 Å². The lowest BCUT2D eigenvalue weighted by Gasteiger charge is -1.95. The minimum atomic E-state index is -0.404. The molecule has 0 saturated carbocycles. The summed E-state index contributed by atoms with van der Waals surface area (Å²) in [5, 5.41) is 12.9. The topological polar surface area (TPSA) is 38.1 Å². The van der Waals surface area contributed by atoms with Crippen molar-refractivity contribution in [1.29, 1.82) is 0 Å². The number of hydrogen-bond donors (Lipinski definition) is 1. The number of aryl methyl sites for hydroxylation is 1. The average molecular weight is 126 g/mol. The lowest BCUT2D eigenvalue weighted by Crippen LogP contribution is -1.87. The van der Waals surface area contributed by atoms with Crippen LogP contribution in [0.3, 0.4) is 0 Å². The van der Waals surface area contributed by atoms with Gasteiger partial charge in [0.2, 0.25) is 0 Å². The first-order valence-corrected chi connectivity index (χ1v) is 2.87. The summed E-state index contributed by atoms with van der Waals surface area (Å²) >= 11 is 0. The Hall–Kier alpha value is -0.830. The minimum Gasteiger partial charge on any atom is -0.389 e. The molecule has 1 heterocycles. The molecular weight excluding hydrogens is 116 g/mol. The van der Waals surface area contributed by atoms with Gasteiger partial charge in [-0.15, -0.1) is 0 Å². The van der Waals surface area contributed by atoms with Crippen LogP contribution in [0.25, 0.3) is 0 Å². The number of aromatic nitrogens is 2. The molecule has 50 valence electrons. The fraction of sp³-hybridized carbons (Fsp3) is 0.500. The molecule has 0 aliphatic carbocycles. The largest absolute Gasteiger partial charge is 0.389 e. The van der Waals surface area contributed by atoms with Crippen molar-refractivity contribution in [2.24, 2.45) is 7.05 Å². The first-order chi connectivity index (χ1) is 4.20. The first kappa shape index (κ1) is 6.29. The van der Waals surface area contributed by atoms with E-state index in [0.29, 0.717) is 0 Å². The van der Waals surface area contributed by atoms with E-state index in [9.17, 15) is 0 Å². The molecule has 0 spiro atoms. The van der Waals surface area contributed by atoms with Gasteiger partial charge >= 0.3 is 0 Å². The van der Waals surface area contributed by atoms with Gasteiger partial charge < -0.3 is 5.11 Å². The summed E-state index contributed by atoms with van der Waals surface area (Å²) in [6.45, 7) is 1.72. The van der Waals surface area contributed by atoms with Gasteiger partial charge in [-0.2, -0.15) is 5.10 Å². The number of hydrogen-bond acceptors (Lipinski definition) is 2. The molecular formula is C6H10N2O. The number of aliphatic hydroxyl groups excluding tert-OH is 1. The fourth-order valence-electron chi connectivity index (χ4n) is 0.656. The smallest absolute Gasteiger partial charge is 0.0792 e. The summed E-state index contributed by atoms with van der Waals surface area (Å²) < 4.78 is 1.67. The van der Waals surface area contributed by atoms with Crippen molar-refractivity contribution in [1.82, 2.24) is 9.78 Å². The summed E-state index contributed by atoms with van der Waals surface area (Å²) in [6.07, 6.45) is 3.05. The Morgan fingerprint density at radius 1 is 1.78 bits per heavy atom. The molecule has 0 aromatic carbocycles. The van der Waals surface area contributed by atoms with E-state index in [1.54, 1.807) is 24.0 Å². The normalized spacial score (nSPS) is 13.7. The van der Waals surface area contributed by atoms with E-state index >= 15 is 0 Å². The van der Waals surface area contributed by atoms with E-state index < -0.39 is 6.10 Å². The molecule has 0 radical (unpaired) electrons. The SMILES string of the molecule is C[C@@H](O)c1cnn(C)c1. The molecule has 0 unspecified atom stereocenters. The molecule has 0 bridgehead atoms. The van der Waals surface area contributed by atoms with E-state index in [0.717, 1.165) is 5.56 Å². The maximum atomic E-state index is 8.98. The first-order valence-electron chi connectivity index (χ1n) is 2.87. The second kappa shape index (κ2) is 2.19. The van der Waals surface area contributed by atoms with Crippen molar-refractivity contribution in [2.45, 2.75) is 13.0 Å². The molecule has 0 aliphatic heterocycles. The summed E-state index contributed by atoms with van der Waals surface area (Å²) in [6, 6.07) is 0. The fourth-order valence-corrected chi connectivity index (χ4v) is 0.656. The molecule has 0 aliphatic rings. The van der Waals surface area contributed by atoms with Crippen LogP contribution in [0.2, 0.25) is 0 Å². The highest BCUT2D eigenvalue weighted by Crippen LogP contribution is 2.08. The van der Waals surface area contributed by atoms with E-state index in [-0.39, 0.29) is 0 Å². The Morgan fingerprint density at radius 2 is 2.44 bits per heavy atom. The Kier molecular flexibility index (Phi) is 1.53. The molecule has 0 amide bonds. The predicted octanol–water partition coefficient (Wildman–Crippen LogP) is 0.473. The molecule has 1 atom stereocenters. The number of rotatable bonds is 1. The third-order valence-corrected chi connectivity index (χ3v) is 1.21. The lowest BCUT2D eigenvalue weighted by atomic mass is 10.2. The maximum Gasteiger partial charge on any atom is 0.0792 e. The van der Waals surface area contributed by atoms with Crippen molar-refractivity contribution in [3.8, 4) is 0 Å². The van der Waals surface area contributed by atoms with Crippen molar-refractivity contribution in [3.63, 3.8) is 0 Å². The van der Waals surface area contributed by atoms with E-state index in [1.807, 2.05) is 7.05 Å². The van der Waals surface area contributed by atoms with E-state index in [4.69, 9.17) is 5.11 Å². The summed E-state index contributed by atoms with van der Waals surface area (Å²) in [4.78, 5) is 0. The summed E-state index contributed by atoms with van der Waals surface area (Å²) in [5.74, 6) is 0. The van der Waals surface area contributed by atoms with Crippen LogP contribution in [-0.2, 0) is 7.05 Å². The molecule has 9 heavy (non-hydrogen) atoms. The van der Waals surface area contributed by atoms with Gasteiger partial charge in [-0.05, 0) is 6.92 Å². The van der Waals surface area contributed by atoms with Crippen molar-refractivity contribution in [3.05, 3.63) is 18.0 Å². The van der Waals surface area contributed by atoms with Gasteiger partial charge in [-0.25, -0.2) is 0 Å². The Morgan fingerprint density at radius 3 is 2.67 bits per heavy atom. The molecule has 1 aromatic rings. The molecule has 0 saturated heterocycles. The molecule has 1 rings (SSSR count). The number of nitrogens with zero attached hydrogens (tertiary/aromatic N) is 2. The van der Waals surface area contributed by atoms with Crippen LogP contribution >= 0.6 is 0 Å². The van der Waals surface area contributed by atoms with Crippen molar-refractivity contribution in [2.75, 3.05) is 0 Å². The molecule has 1 N–H and O–H groups in total. The zero-order chi connectivity index (χ0) is 6.85. The highest BCUT2D eigenvalue weighted by atomic mass is 16.3. The lowest BCUT2D eigenvalue weighted by molar-refractivity contribution is 0.199. The zero-order valence-corrected chi connectivity index (χ0v) is 5.57. The highest BCUT2D eigenvalue weighted by molar-refractivity contribution is 5.05. The highest BCUT2D eigenvalue weighted by Gasteiger charge is 2.00. The van der Waals surface area contributed by atoms with Gasteiger partial charge in [0.15, 0.2) is 0 Å².